The molecule has 0 aliphatic heterocycles. The first-order valence-corrected chi connectivity index (χ1v) is 8.18. The van der Waals surface area contributed by atoms with E-state index in [1.807, 2.05) is 39.8 Å². The third-order valence-corrected chi connectivity index (χ3v) is 4.52. The van der Waals surface area contributed by atoms with Crippen LogP contribution in [0.15, 0.2) is 27.8 Å². The molecule has 0 fully saturated rings. The first-order chi connectivity index (χ1) is 9.43. The second-order valence-corrected chi connectivity index (χ2v) is 7.69. The second kappa shape index (κ2) is 10.2. The minimum absolute atomic E-state index is 0. The Balaban J connectivity index is 0.00000400. The highest BCUT2D eigenvalue weighted by atomic mass is 127. The lowest BCUT2D eigenvalue weighted by Gasteiger charge is -2.18. The van der Waals surface area contributed by atoms with Crippen molar-refractivity contribution in [1.82, 2.24) is 10.6 Å². The van der Waals surface area contributed by atoms with Crippen LogP contribution in [0.25, 0.3) is 0 Å². The zero-order valence-electron chi connectivity index (χ0n) is 13.1. The third kappa shape index (κ3) is 8.45. The van der Waals surface area contributed by atoms with Gasteiger partial charge in [0.15, 0.2) is 5.96 Å². The number of furan rings is 1. The zero-order chi connectivity index (χ0) is 15.0. The van der Waals surface area contributed by atoms with Crippen molar-refractivity contribution in [1.29, 1.82) is 0 Å². The molecule has 0 aliphatic rings. The summed E-state index contributed by atoms with van der Waals surface area (Å²) in [6.45, 7) is 9.88. The summed E-state index contributed by atoms with van der Waals surface area (Å²) in [7, 11) is -0.855. The van der Waals surface area contributed by atoms with E-state index in [2.05, 4.69) is 15.6 Å². The Labute approximate surface area is 146 Å². The van der Waals surface area contributed by atoms with Gasteiger partial charge in [-0.25, -0.2) is 4.99 Å². The average Bonchev–Trinajstić information content (AvgIpc) is 2.87. The fraction of sp³-hybridized carbons (Fsp3) is 0.643. The van der Waals surface area contributed by atoms with E-state index < -0.39 is 10.8 Å². The number of guanidine groups is 1. The summed E-state index contributed by atoms with van der Waals surface area (Å²) in [5, 5.41) is 6.35. The van der Waals surface area contributed by atoms with Gasteiger partial charge in [-0.15, -0.1) is 24.0 Å². The van der Waals surface area contributed by atoms with E-state index in [-0.39, 0.29) is 28.7 Å². The molecule has 1 heterocycles. The van der Waals surface area contributed by atoms with Crippen LogP contribution in [-0.4, -0.2) is 33.8 Å². The highest BCUT2D eigenvalue weighted by Crippen LogP contribution is 2.10. The lowest BCUT2D eigenvalue weighted by molar-refractivity contribution is 0.512. The number of nitrogens with one attached hydrogen (secondary N) is 2. The number of halogens is 1. The maximum atomic E-state index is 11.9. The number of rotatable bonds is 6. The molecule has 5 nitrogen and oxygen atoms in total. The van der Waals surface area contributed by atoms with Crippen molar-refractivity contribution in [3.8, 4) is 0 Å². The molecule has 1 aromatic heterocycles. The highest BCUT2D eigenvalue weighted by Gasteiger charge is 2.18. The Bertz CT molecular complexity index is 442. The molecule has 0 radical (unpaired) electrons. The summed E-state index contributed by atoms with van der Waals surface area (Å²) >= 11 is 0. The number of hydrogen-bond acceptors (Lipinski definition) is 3. The molecule has 0 aliphatic carbocycles. The van der Waals surface area contributed by atoms with E-state index in [0.717, 1.165) is 18.3 Å². The monoisotopic (exact) mass is 427 g/mol. The quantitative estimate of drug-likeness (QED) is 0.416. The zero-order valence-corrected chi connectivity index (χ0v) is 16.3. The number of hydrogen-bond donors (Lipinski definition) is 2. The maximum absolute atomic E-state index is 11.9. The summed E-state index contributed by atoms with van der Waals surface area (Å²) in [6, 6.07) is 3.74. The van der Waals surface area contributed by atoms with Crippen molar-refractivity contribution in [2.45, 2.75) is 39.0 Å². The van der Waals surface area contributed by atoms with Crippen molar-refractivity contribution in [3.05, 3.63) is 24.2 Å². The third-order valence-electron chi connectivity index (χ3n) is 2.58. The van der Waals surface area contributed by atoms with Crippen LogP contribution in [0.4, 0.5) is 0 Å². The van der Waals surface area contributed by atoms with Gasteiger partial charge in [0.1, 0.15) is 12.3 Å². The van der Waals surface area contributed by atoms with Gasteiger partial charge in [-0.3, -0.25) is 4.21 Å². The van der Waals surface area contributed by atoms with E-state index in [9.17, 15) is 4.21 Å². The molecule has 21 heavy (non-hydrogen) atoms. The van der Waals surface area contributed by atoms with Gasteiger partial charge in [0.05, 0.1) is 6.26 Å². The van der Waals surface area contributed by atoms with E-state index in [1.165, 1.54) is 0 Å². The minimum Gasteiger partial charge on any atom is -0.467 e. The van der Waals surface area contributed by atoms with Crippen LogP contribution in [-0.2, 0) is 17.3 Å². The van der Waals surface area contributed by atoms with Gasteiger partial charge in [-0.2, -0.15) is 0 Å². The smallest absolute Gasteiger partial charge is 0.191 e. The van der Waals surface area contributed by atoms with Gasteiger partial charge in [0, 0.05) is 34.4 Å². The summed E-state index contributed by atoms with van der Waals surface area (Å²) < 4.78 is 17.0. The average molecular weight is 427 g/mol. The van der Waals surface area contributed by atoms with Crippen LogP contribution >= 0.6 is 24.0 Å². The number of aliphatic imine (C=N–C) groups is 1. The Morgan fingerprint density at radius 2 is 2.10 bits per heavy atom. The molecule has 0 saturated heterocycles. The van der Waals surface area contributed by atoms with E-state index in [1.54, 1.807) is 6.26 Å². The van der Waals surface area contributed by atoms with Crippen molar-refractivity contribution in [2.24, 2.45) is 4.99 Å². The van der Waals surface area contributed by atoms with Gasteiger partial charge in [-0.05, 0) is 39.8 Å². The molecule has 2 N–H and O–H groups in total. The molecule has 1 unspecified atom stereocenters. The summed E-state index contributed by atoms with van der Waals surface area (Å²) in [6.07, 6.45) is 1.64. The molecule has 0 spiro atoms. The van der Waals surface area contributed by atoms with E-state index >= 15 is 0 Å². The fourth-order valence-corrected chi connectivity index (χ4v) is 2.37. The Morgan fingerprint density at radius 1 is 1.38 bits per heavy atom. The Morgan fingerprint density at radius 3 is 2.62 bits per heavy atom. The standard InChI is InChI=1S/C14H25N3O2S.HI/c1-5-15-13(17-11-12-7-6-9-19-12)16-8-10-20(18)14(2,3)4;/h6-7,9H,5,8,10-11H2,1-4H3,(H2,15,16,17);1H. The number of nitrogens with zero attached hydrogens (tertiary/aromatic N) is 1. The van der Waals surface area contributed by atoms with Gasteiger partial charge < -0.3 is 15.1 Å². The summed E-state index contributed by atoms with van der Waals surface area (Å²) in [5.41, 5.74) is 0. The van der Waals surface area contributed by atoms with Crippen molar-refractivity contribution in [3.63, 3.8) is 0 Å². The van der Waals surface area contributed by atoms with Crippen molar-refractivity contribution in [2.75, 3.05) is 18.8 Å². The predicted molar refractivity (Wildman–Crippen MR) is 99.7 cm³/mol. The molecule has 1 atom stereocenters. The van der Waals surface area contributed by atoms with Crippen LogP contribution < -0.4 is 10.6 Å². The van der Waals surface area contributed by atoms with Crippen LogP contribution in [0, 0.1) is 0 Å². The molecule has 0 saturated carbocycles. The summed E-state index contributed by atoms with van der Waals surface area (Å²) in [4.78, 5) is 4.42. The molecule has 0 aromatic carbocycles. The molecule has 1 aromatic rings. The van der Waals surface area contributed by atoms with Gasteiger partial charge in [-0.1, -0.05) is 0 Å². The maximum Gasteiger partial charge on any atom is 0.191 e. The molecule has 7 heteroatoms. The minimum atomic E-state index is -0.855. The SMILES string of the molecule is CCNC(=NCc1ccco1)NCCS(=O)C(C)(C)C.I. The lowest BCUT2D eigenvalue weighted by Crippen LogP contribution is -2.40. The first-order valence-electron chi connectivity index (χ1n) is 6.86. The largest absolute Gasteiger partial charge is 0.467 e. The predicted octanol–water partition coefficient (Wildman–Crippen LogP) is 2.50. The first kappa shape index (κ1) is 20.4. The molecule has 0 bridgehead atoms. The highest BCUT2D eigenvalue weighted by molar-refractivity contribution is 14.0. The van der Waals surface area contributed by atoms with E-state index in [0.29, 0.717) is 18.8 Å². The van der Waals surface area contributed by atoms with Gasteiger partial charge in [0.25, 0.3) is 0 Å². The normalized spacial score (nSPS) is 13.4. The topological polar surface area (TPSA) is 66.6 Å². The van der Waals surface area contributed by atoms with Crippen molar-refractivity contribution < 1.29 is 8.63 Å². The van der Waals surface area contributed by atoms with Crippen LogP contribution in [0.1, 0.15) is 33.5 Å². The second-order valence-electron chi connectivity index (χ2n) is 5.36. The fourth-order valence-electron chi connectivity index (χ4n) is 1.47. The lowest BCUT2D eigenvalue weighted by atomic mass is 10.3. The molecule has 1 rings (SSSR count). The molecular weight excluding hydrogens is 401 g/mol. The van der Waals surface area contributed by atoms with Crippen LogP contribution in [0.2, 0.25) is 0 Å². The van der Waals surface area contributed by atoms with Gasteiger partial charge >= 0.3 is 0 Å². The van der Waals surface area contributed by atoms with E-state index in [4.69, 9.17) is 4.42 Å². The Kier molecular flexibility index (Phi) is 9.93. The molecule has 0 amide bonds. The molecular formula is C14H26IN3O2S. The van der Waals surface area contributed by atoms with Crippen molar-refractivity contribution >= 4 is 40.7 Å². The van der Waals surface area contributed by atoms with Gasteiger partial charge in [0.2, 0.25) is 0 Å². The summed E-state index contributed by atoms with van der Waals surface area (Å²) in [5.74, 6) is 2.14. The molecule has 122 valence electrons. The van der Waals surface area contributed by atoms with Crippen LogP contribution in [0.5, 0.6) is 0 Å². The Hall–Kier alpha value is -0.570. The van der Waals surface area contributed by atoms with Crippen LogP contribution in [0.3, 0.4) is 0 Å².